The molecule has 2 aromatic carbocycles. The Kier molecular flexibility index (Phi) is 3.79. The molecule has 1 atom stereocenters. The van der Waals surface area contributed by atoms with E-state index in [0.717, 1.165) is 5.39 Å². The largest absolute Gasteiger partial charge is 0.349 e. The summed E-state index contributed by atoms with van der Waals surface area (Å²) in [5, 5.41) is 1.28. The van der Waals surface area contributed by atoms with E-state index in [-0.39, 0.29) is 12.3 Å². The molecule has 2 aromatic rings. The van der Waals surface area contributed by atoms with Crippen LogP contribution in [0.3, 0.4) is 0 Å². The van der Waals surface area contributed by atoms with E-state index in [0.29, 0.717) is 10.9 Å². The molecule has 4 heteroatoms. The van der Waals surface area contributed by atoms with E-state index in [1.54, 1.807) is 38.4 Å². The molecule has 0 spiro atoms. The Balaban J connectivity index is 2.39. The molecule has 2 rings (SSSR count). The molecule has 0 saturated carbocycles. The summed E-state index contributed by atoms with van der Waals surface area (Å²) in [6, 6.07) is 9.34. The quantitative estimate of drug-likeness (QED) is 0.830. The van der Waals surface area contributed by atoms with Crippen molar-refractivity contribution in [2.24, 2.45) is 0 Å². The summed E-state index contributed by atoms with van der Waals surface area (Å²) in [5.74, 6) is -0.702. The van der Waals surface area contributed by atoms with Gasteiger partial charge in [-0.2, -0.15) is 0 Å². The Morgan fingerprint density at radius 1 is 1.26 bits per heavy atom. The highest BCUT2D eigenvalue weighted by Crippen LogP contribution is 2.29. The molecule has 0 heterocycles. The monoisotopic (exact) mass is 263 g/mol. The molecular weight excluding hydrogens is 248 g/mol. The number of nitrogens with zero attached hydrogens (tertiary/aromatic N) is 1. The van der Waals surface area contributed by atoms with Crippen molar-refractivity contribution in [3.8, 4) is 0 Å². The van der Waals surface area contributed by atoms with E-state index in [4.69, 9.17) is 0 Å². The van der Waals surface area contributed by atoms with Crippen molar-refractivity contribution in [3.05, 3.63) is 47.8 Å². The van der Waals surface area contributed by atoms with E-state index < -0.39 is 12.0 Å². The zero-order valence-electron chi connectivity index (χ0n) is 10.9. The van der Waals surface area contributed by atoms with Crippen molar-refractivity contribution in [2.75, 3.05) is 14.1 Å². The van der Waals surface area contributed by atoms with Crippen LogP contribution in [0.15, 0.2) is 36.4 Å². The molecule has 0 radical (unpaired) electrons. The lowest BCUT2D eigenvalue weighted by Crippen LogP contribution is -2.22. The number of amides is 1. The van der Waals surface area contributed by atoms with Crippen molar-refractivity contribution in [2.45, 2.75) is 12.6 Å². The molecule has 0 fully saturated rings. The summed E-state index contributed by atoms with van der Waals surface area (Å²) in [7, 11) is 3.16. The minimum absolute atomic E-state index is 0.234. The minimum Gasteiger partial charge on any atom is -0.349 e. The first kappa shape index (κ1) is 13.5. The van der Waals surface area contributed by atoms with E-state index in [1.165, 1.54) is 17.0 Å². The number of halogens is 2. The Hall–Kier alpha value is -1.97. The normalized spacial score (nSPS) is 12.4. The van der Waals surface area contributed by atoms with Gasteiger partial charge in [0.25, 0.3) is 0 Å². The van der Waals surface area contributed by atoms with Crippen LogP contribution in [0.5, 0.6) is 0 Å². The lowest BCUT2D eigenvalue weighted by Gasteiger charge is -2.14. The van der Waals surface area contributed by atoms with E-state index >= 15 is 0 Å². The fourth-order valence-corrected chi connectivity index (χ4v) is 1.99. The molecule has 0 N–H and O–H groups in total. The second-order valence-corrected chi connectivity index (χ2v) is 4.67. The topological polar surface area (TPSA) is 20.3 Å². The highest BCUT2D eigenvalue weighted by Gasteiger charge is 2.18. The van der Waals surface area contributed by atoms with Crippen LogP contribution in [0.1, 0.15) is 18.2 Å². The smallest absolute Gasteiger partial charge is 0.225 e. The fraction of sp³-hybridized carbons (Fsp3) is 0.267. The first-order valence-electron chi connectivity index (χ1n) is 6.01. The van der Waals surface area contributed by atoms with Crippen molar-refractivity contribution >= 4 is 16.7 Å². The lowest BCUT2D eigenvalue weighted by molar-refractivity contribution is -0.129. The molecule has 0 aromatic heterocycles. The van der Waals surface area contributed by atoms with Crippen LogP contribution in [0.4, 0.5) is 8.78 Å². The van der Waals surface area contributed by atoms with Gasteiger partial charge in [0, 0.05) is 14.1 Å². The number of benzene rings is 2. The highest BCUT2D eigenvalue weighted by atomic mass is 19.1. The summed E-state index contributed by atoms with van der Waals surface area (Å²) >= 11 is 0. The lowest BCUT2D eigenvalue weighted by atomic mass is 9.99. The van der Waals surface area contributed by atoms with Crippen LogP contribution in [-0.4, -0.2) is 24.9 Å². The molecule has 0 aliphatic rings. The van der Waals surface area contributed by atoms with Gasteiger partial charge in [-0.3, -0.25) is 4.79 Å². The second-order valence-electron chi connectivity index (χ2n) is 4.67. The molecule has 0 bridgehead atoms. The fourth-order valence-electron chi connectivity index (χ4n) is 1.99. The van der Waals surface area contributed by atoms with E-state index in [2.05, 4.69) is 0 Å². The van der Waals surface area contributed by atoms with Crippen LogP contribution < -0.4 is 0 Å². The average molecular weight is 263 g/mol. The Morgan fingerprint density at radius 2 is 2.00 bits per heavy atom. The third-order valence-corrected chi connectivity index (χ3v) is 3.07. The van der Waals surface area contributed by atoms with Gasteiger partial charge in [-0.05, 0) is 28.5 Å². The molecule has 0 saturated heterocycles. The zero-order valence-corrected chi connectivity index (χ0v) is 10.9. The maximum Gasteiger partial charge on any atom is 0.225 e. The van der Waals surface area contributed by atoms with Crippen LogP contribution in [-0.2, 0) is 4.79 Å². The molecule has 1 amide bonds. The molecule has 0 aliphatic heterocycles. The number of hydrogen-bond donors (Lipinski definition) is 0. The average Bonchev–Trinajstić information content (AvgIpc) is 2.37. The van der Waals surface area contributed by atoms with Gasteiger partial charge in [-0.25, -0.2) is 8.78 Å². The van der Waals surface area contributed by atoms with Crippen LogP contribution in [0.2, 0.25) is 0 Å². The highest BCUT2D eigenvalue weighted by molar-refractivity contribution is 5.87. The number of carbonyl (C=O) groups excluding carboxylic acids is 1. The van der Waals surface area contributed by atoms with E-state index in [1.807, 2.05) is 0 Å². The van der Waals surface area contributed by atoms with Gasteiger partial charge < -0.3 is 4.90 Å². The summed E-state index contributed by atoms with van der Waals surface area (Å²) in [6.07, 6.45) is -1.66. The number of hydrogen-bond acceptors (Lipinski definition) is 1. The standard InChI is InChI=1S/C15H15F2NO/c1-18(2)15(19)9-14(17)12-5-3-4-10-6-7-11(16)8-13(10)12/h3-8,14H,9H2,1-2H3. The van der Waals surface area contributed by atoms with Gasteiger partial charge in [0.2, 0.25) is 5.91 Å². The minimum atomic E-state index is -1.43. The molecule has 1 unspecified atom stereocenters. The maximum absolute atomic E-state index is 14.2. The SMILES string of the molecule is CN(C)C(=O)CC(F)c1cccc2ccc(F)cc12. The van der Waals surface area contributed by atoms with Crippen molar-refractivity contribution in [1.82, 2.24) is 4.90 Å². The predicted octanol–water partition coefficient (Wildman–Crippen LogP) is 3.47. The van der Waals surface area contributed by atoms with Crippen LogP contribution >= 0.6 is 0 Å². The summed E-state index contributed by atoms with van der Waals surface area (Å²) < 4.78 is 27.5. The van der Waals surface area contributed by atoms with Crippen LogP contribution in [0.25, 0.3) is 10.8 Å². The third-order valence-electron chi connectivity index (χ3n) is 3.07. The van der Waals surface area contributed by atoms with Crippen molar-refractivity contribution in [3.63, 3.8) is 0 Å². The third kappa shape index (κ3) is 2.89. The zero-order chi connectivity index (χ0) is 14.0. The van der Waals surface area contributed by atoms with E-state index in [9.17, 15) is 13.6 Å². The molecule has 100 valence electrons. The number of rotatable bonds is 3. The maximum atomic E-state index is 14.2. The van der Waals surface area contributed by atoms with Gasteiger partial charge in [0.1, 0.15) is 12.0 Å². The number of carbonyl (C=O) groups is 1. The van der Waals surface area contributed by atoms with Gasteiger partial charge in [-0.15, -0.1) is 0 Å². The Morgan fingerprint density at radius 3 is 2.68 bits per heavy atom. The van der Waals surface area contributed by atoms with Crippen molar-refractivity contribution in [1.29, 1.82) is 0 Å². The van der Waals surface area contributed by atoms with Gasteiger partial charge in [-0.1, -0.05) is 24.3 Å². The number of fused-ring (bicyclic) bond motifs is 1. The second kappa shape index (κ2) is 5.34. The predicted molar refractivity (Wildman–Crippen MR) is 71.1 cm³/mol. The first-order chi connectivity index (χ1) is 8.99. The summed E-state index contributed by atoms with van der Waals surface area (Å²) in [5.41, 5.74) is 0.354. The summed E-state index contributed by atoms with van der Waals surface area (Å²) in [4.78, 5) is 12.9. The molecular formula is C15H15F2NO. The van der Waals surface area contributed by atoms with Gasteiger partial charge in [0.15, 0.2) is 0 Å². The van der Waals surface area contributed by atoms with Gasteiger partial charge >= 0.3 is 0 Å². The summed E-state index contributed by atoms with van der Waals surface area (Å²) in [6.45, 7) is 0. The molecule has 2 nitrogen and oxygen atoms in total. The Labute approximate surface area is 110 Å². The van der Waals surface area contributed by atoms with Crippen molar-refractivity contribution < 1.29 is 13.6 Å². The van der Waals surface area contributed by atoms with Crippen LogP contribution in [0, 0.1) is 5.82 Å². The molecule has 0 aliphatic carbocycles. The number of alkyl halides is 1. The Bertz CT molecular complexity index is 610. The van der Waals surface area contributed by atoms with Gasteiger partial charge in [0.05, 0.1) is 6.42 Å². The first-order valence-corrected chi connectivity index (χ1v) is 6.01. The molecule has 19 heavy (non-hydrogen) atoms.